The van der Waals surface area contributed by atoms with Crippen LogP contribution in [0, 0.1) is 28.6 Å². The maximum atomic E-state index is 13.3. The van der Waals surface area contributed by atoms with Crippen LogP contribution in [0.3, 0.4) is 0 Å². The molecule has 1 aliphatic carbocycles. The number of nitrogens with one attached hydrogen (secondary N) is 1. The fraction of sp³-hybridized carbons (Fsp3) is 0.850. The van der Waals surface area contributed by atoms with Gasteiger partial charge in [0.1, 0.15) is 12.1 Å². The number of fused-ring (bicyclic) bond motifs is 1. The van der Waals surface area contributed by atoms with E-state index in [2.05, 4.69) is 19.2 Å². The zero-order chi connectivity index (χ0) is 20.1. The summed E-state index contributed by atoms with van der Waals surface area (Å²) < 4.78 is 5.32. The summed E-state index contributed by atoms with van der Waals surface area (Å²) in [4.78, 5) is 39.1. The number of carboxylic acids is 1. The van der Waals surface area contributed by atoms with Gasteiger partial charge in [0.25, 0.3) is 0 Å². The van der Waals surface area contributed by atoms with Crippen molar-refractivity contribution in [1.29, 1.82) is 0 Å². The molecule has 0 aromatic rings. The normalized spacial score (nSPS) is 32.7. The lowest BCUT2D eigenvalue weighted by Gasteiger charge is -2.37. The van der Waals surface area contributed by atoms with Crippen LogP contribution < -0.4 is 5.32 Å². The minimum absolute atomic E-state index is 0.00842. The van der Waals surface area contributed by atoms with Gasteiger partial charge in [-0.2, -0.15) is 0 Å². The first-order chi connectivity index (χ1) is 12.4. The van der Waals surface area contributed by atoms with Crippen LogP contribution in [0.25, 0.3) is 0 Å². The molecule has 2 amide bonds. The van der Waals surface area contributed by atoms with Crippen LogP contribution >= 0.6 is 0 Å². The quantitative estimate of drug-likeness (QED) is 0.754. The van der Waals surface area contributed by atoms with Crippen molar-refractivity contribution in [3.05, 3.63) is 0 Å². The molecule has 2 saturated heterocycles. The van der Waals surface area contributed by atoms with Crippen LogP contribution in [0.4, 0.5) is 0 Å². The monoisotopic (exact) mass is 380 g/mol. The predicted molar refractivity (Wildman–Crippen MR) is 98.8 cm³/mol. The van der Waals surface area contributed by atoms with Crippen LogP contribution in [-0.4, -0.2) is 59.6 Å². The highest BCUT2D eigenvalue weighted by Gasteiger charge is 2.70. The van der Waals surface area contributed by atoms with Gasteiger partial charge < -0.3 is 20.1 Å². The summed E-state index contributed by atoms with van der Waals surface area (Å²) >= 11 is 0. The van der Waals surface area contributed by atoms with Gasteiger partial charge >= 0.3 is 5.97 Å². The lowest BCUT2D eigenvalue weighted by atomic mass is 9.85. The first-order valence-corrected chi connectivity index (χ1v) is 9.85. The smallest absolute Gasteiger partial charge is 0.326 e. The summed E-state index contributed by atoms with van der Waals surface area (Å²) in [5.74, 6) is -1.01. The average molecular weight is 380 g/mol. The van der Waals surface area contributed by atoms with Gasteiger partial charge in [0.05, 0.1) is 0 Å². The molecule has 7 heteroatoms. The Morgan fingerprint density at radius 3 is 2.48 bits per heavy atom. The summed E-state index contributed by atoms with van der Waals surface area (Å²) in [6.07, 6.45) is 1.19. The highest BCUT2D eigenvalue weighted by Crippen LogP contribution is 2.65. The van der Waals surface area contributed by atoms with Gasteiger partial charge in [0.15, 0.2) is 0 Å². The lowest BCUT2D eigenvalue weighted by molar-refractivity contribution is -0.152. The Kier molecular flexibility index (Phi) is 5.04. The molecule has 152 valence electrons. The molecule has 2 aliphatic heterocycles. The zero-order valence-corrected chi connectivity index (χ0v) is 16.9. The van der Waals surface area contributed by atoms with Crippen molar-refractivity contribution in [3.63, 3.8) is 0 Å². The number of nitrogens with zero attached hydrogens (tertiary/aromatic N) is 1. The number of carbonyl (C=O) groups excluding carboxylic acids is 2. The van der Waals surface area contributed by atoms with Crippen molar-refractivity contribution < 1.29 is 24.2 Å². The average Bonchev–Trinajstić information content (AvgIpc) is 2.99. The molecule has 0 radical (unpaired) electrons. The minimum Gasteiger partial charge on any atom is -0.480 e. The summed E-state index contributed by atoms with van der Waals surface area (Å²) in [5.41, 5.74) is -0.549. The topological polar surface area (TPSA) is 95.9 Å². The molecule has 7 nitrogen and oxygen atoms in total. The fourth-order valence-electron chi connectivity index (χ4n) is 4.84. The van der Waals surface area contributed by atoms with Crippen molar-refractivity contribution in [2.24, 2.45) is 28.6 Å². The van der Waals surface area contributed by atoms with Crippen molar-refractivity contribution in [2.75, 3.05) is 19.8 Å². The van der Waals surface area contributed by atoms with Gasteiger partial charge in [-0.25, -0.2) is 4.79 Å². The number of amides is 2. The second-order valence-electron chi connectivity index (χ2n) is 10.0. The van der Waals surface area contributed by atoms with E-state index >= 15 is 0 Å². The predicted octanol–water partition coefficient (Wildman–Crippen LogP) is 1.51. The second kappa shape index (κ2) is 6.76. The molecule has 2 N–H and O–H groups in total. The van der Waals surface area contributed by atoms with Gasteiger partial charge in [0.2, 0.25) is 11.8 Å². The number of hydrogen-bond donors (Lipinski definition) is 2. The molecular formula is C20H32N2O5. The minimum atomic E-state index is -0.955. The van der Waals surface area contributed by atoms with E-state index in [4.69, 9.17) is 4.74 Å². The van der Waals surface area contributed by atoms with E-state index in [0.717, 1.165) is 6.42 Å². The molecule has 2 heterocycles. The van der Waals surface area contributed by atoms with E-state index in [9.17, 15) is 19.5 Å². The van der Waals surface area contributed by atoms with Crippen molar-refractivity contribution in [2.45, 2.75) is 59.5 Å². The molecule has 3 rings (SSSR count). The van der Waals surface area contributed by atoms with E-state index in [1.54, 1.807) is 0 Å². The van der Waals surface area contributed by atoms with E-state index < -0.39 is 23.5 Å². The molecule has 0 spiro atoms. The fourth-order valence-corrected chi connectivity index (χ4v) is 4.84. The van der Waals surface area contributed by atoms with Crippen LogP contribution in [0.15, 0.2) is 0 Å². The Bertz CT molecular complexity index is 633. The van der Waals surface area contributed by atoms with Gasteiger partial charge in [-0.1, -0.05) is 34.6 Å². The molecule has 0 bridgehead atoms. The third-order valence-electron chi connectivity index (χ3n) is 6.66. The molecule has 5 atom stereocenters. The first kappa shape index (κ1) is 20.1. The van der Waals surface area contributed by atoms with Crippen LogP contribution in [0.1, 0.15) is 47.5 Å². The largest absolute Gasteiger partial charge is 0.480 e. The maximum Gasteiger partial charge on any atom is 0.326 e. The molecule has 27 heavy (non-hydrogen) atoms. The number of ether oxygens (including phenoxy) is 1. The Balaban J connectivity index is 1.72. The number of carbonyl (C=O) groups is 3. The summed E-state index contributed by atoms with van der Waals surface area (Å²) in [7, 11) is 0. The van der Waals surface area contributed by atoms with Gasteiger partial charge in [-0.15, -0.1) is 0 Å². The molecular weight excluding hydrogens is 348 g/mol. The number of carboxylic acid groups (broad SMARTS) is 1. The highest BCUT2D eigenvalue weighted by atomic mass is 16.5. The second-order valence-corrected chi connectivity index (χ2v) is 10.0. The first-order valence-electron chi connectivity index (χ1n) is 9.85. The molecule has 3 fully saturated rings. The van der Waals surface area contributed by atoms with Crippen LogP contribution in [0.2, 0.25) is 0 Å². The molecule has 0 aromatic carbocycles. The number of piperidine rings is 1. The van der Waals surface area contributed by atoms with E-state index in [0.29, 0.717) is 26.2 Å². The van der Waals surface area contributed by atoms with Crippen molar-refractivity contribution >= 4 is 17.8 Å². The number of hydrogen-bond acceptors (Lipinski definition) is 4. The molecule has 2 unspecified atom stereocenters. The van der Waals surface area contributed by atoms with Crippen molar-refractivity contribution in [1.82, 2.24) is 10.2 Å². The molecule has 3 aliphatic rings. The number of rotatable bonds is 5. The Labute approximate surface area is 160 Å². The highest BCUT2D eigenvalue weighted by molar-refractivity contribution is 5.92. The van der Waals surface area contributed by atoms with Gasteiger partial charge in [0, 0.05) is 32.1 Å². The van der Waals surface area contributed by atoms with E-state index in [-0.39, 0.29) is 35.0 Å². The SMILES string of the molecule is CC(C)(C)C(NC(=O)CC1CCOC1)C(=O)N1C[C@H]2[C@@H]([C@H]1C(=O)O)C2(C)C. The Hall–Kier alpha value is -1.63. The third kappa shape index (κ3) is 3.71. The molecule has 0 aromatic heterocycles. The lowest BCUT2D eigenvalue weighted by Crippen LogP contribution is -2.58. The van der Waals surface area contributed by atoms with Crippen LogP contribution in [-0.2, 0) is 19.1 Å². The number of aliphatic carboxylic acids is 1. The van der Waals surface area contributed by atoms with Crippen molar-refractivity contribution in [3.8, 4) is 0 Å². The molecule has 1 saturated carbocycles. The summed E-state index contributed by atoms with van der Waals surface area (Å²) in [6, 6.07) is -1.54. The van der Waals surface area contributed by atoms with E-state index in [1.165, 1.54) is 4.90 Å². The number of likely N-dealkylation sites (tertiary alicyclic amines) is 1. The summed E-state index contributed by atoms with van der Waals surface area (Å²) in [5, 5.41) is 12.6. The van der Waals surface area contributed by atoms with Gasteiger partial charge in [-0.05, 0) is 29.1 Å². The third-order valence-corrected chi connectivity index (χ3v) is 6.66. The van der Waals surface area contributed by atoms with E-state index in [1.807, 2.05) is 20.8 Å². The zero-order valence-electron chi connectivity index (χ0n) is 16.9. The Morgan fingerprint density at radius 2 is 1.96 bits per heavy atom. The maximum absolute atomic E-state index is 13.3. The summed E-state index contributed by atoms with van der Waals surface area (Å²) in [6.45, 7) is 11.5. The van der Waals surface area contributed by atoms with Crippen LogP contribution in [0.5, 0.6) is 0 Å². The Morgan fingerprint density at radius 1 is 1.30 bits per heavy atom. The standard InChI is InChI=1S/C20H32N2O5/c1-19(2,3)16(21-13(23)8-11-6-7-27-10-11)17(24)22-9-12-14(20(12,4)5)15(22)18(25)26/h11-12,14-16H,6-10H2,1-5H3,(H,21,23)(H,25,26)/t11?,12-,14-,15-,16?/m0/s1. The van der Waals surface area contributed by atoms with Gasteiger partial charge in [-0.3, -0.25) is 9.59 Å².